The fourth-order valence-electron chi connectivity index (χ4n) is 4.29. The lowest BCUT2D eigenvalue weighted by Crippen LogP contribution is -2.49. The topological polar surface area (TPSA) is 83.7 Å². The van der Waals surface area contributed by atoms with Crippen molar-refractivity contribution < 1.29 is 9.84 Å². The number of piperazine rings is 1. The minimum absolute atomic E-state index is 0.00368. The van der Waals surface area contributed by atoms with E-state index in [4.69, 9.17) is 4.74 Å². The maximum absolute atomic E-state index is 13.5. The van der Waals surface area contributed by atoms with Gasteiger partial charge in [-0.3, -0.25) is 14.7 Å². The van der Waals surface area contributed by atoms with Crippen LogP contribution in [-0.2, 0) is 11.3 Å². The fraction of sp³-hybridized carbons (Fsp3) is 0.375. The molecule has 0 aromatic carbocycles. The first-order chi connectivity index (χ1) is 15.6. The Labute approximate surface area is 187 Å². The molecule has 0 spiro atoms. The second kappa shape index (κ2) is 9.93. The average Bonchev–Trinajstić information content (AvgIpc) is 2.83. The Morgan fingerprint density at radius 1 is 1.06 bits per heavy atom. The van der Waals surface area contributed by atoms with Crippen LogP contribution in [0.1, 0.15) is 23.0 Å². The molecule has 0 unspecified atom stereocenters. The third kappa shape index (κ3) is 4.51. The Hall–Kier alpha value is -3.23. The Kier molecular flexibility index (Phi) is 6.82. The average molecular weight is 436 g/mol. The molecule has 0 bridgehead atoms. The van der Waals surface area contributed by atoms with Gasteiger partial charge in [0.1, 0.15) is 11.6 Å². The van der Waals surface area contributed by atoms with Crippen molar-refractivity contribution >= 4 is 5.82 Å². The zero-order valence-electron chi connectivity index (χ0n) is 18.5. The molecular weight excluding hydrogens is 406 g/mol. The molecule has 1 aliphatic heterocycles. The van der Waals surface area contributed by atoms with Crippen molar-refractivity contribution in [2.75, 3.05) is 44.8 Å². The van der Waals surface area contributed by atoms with Gasteiger partial charge in [0.05, 0.1) is 23.9 Å². The summed E-state index contributed by atoms with van der Waals surface area (Å²) in [5.41, 5.74) is 1.60. The number of hydrogen-bond donors (Lipinski definition) is 1. The van der Waals surface area contributed by atoms with Crippen LogP contribution in [0.5, 0.6) is 5.75 Å². The van der Waals surface area contributed by atoms with E-state index in [9.17, 15) is 9.90 Å². The van der Waals surface area contributed by atoms with Gasteiger partial charge in [-0.05, 0) is 37.3 Å². The van der Waals surface area contributed by atoms with Crippen molar-refractivity contribution in [3.63, 3.8) is 0 Å². The van der Waals surface area contributed by atoms with Crippen LogP contribution in [0.15, 0.2) is 59.7 Å². The number of aromatic nitrogens is 3. The predicted molar refractivity (Wildman–Crippen MR) is 123 cm³/mol. The lowest BCUT2D eigenvalue weighted by atomic mass is 10.00. The highest BCUT2D eigenvalue weighted by Gasteiger charge is 2.32. The summed E-state index contributed by atoms with van der Waals surface area (Å²) in [6, 6.07) is 12.8. The lowest BCUT2D eigenvalue weighted by Gasteiger charge is -2.39. The number of anilines is 1. The van der Waals surface area contributed by atoms with Crippen LogP contribution >= 0.6 is 0 Å². The maximum Gasteiger partial charge on any atom is 0.259 e. The molecule has 32 heavy (non-hydrogen) atoms. The minimum atomic E-state index is -0.441. The van der Waals surface area contributed by atoms with Crippen LogP contribution in [0.3, 0.4) is 0 Å². The van der Waals surface area contributed by atoms with E-state index in [0.29, 0.717) is 37.5 Å². The molecule has 3 aromatic rings. The summed E-state index contributed by atoms with van der Waals surface area (Å²) in [7, 11) is 1.61. The highest BCUT2D eigenvalue weighted by molar-refractivity contribution is 5.41. The van der Waals surface area contributed by atoms with Crippen LogP contribution < -0.4 is 10.5 Å². The molecule has 1 atom stereocenters. The van der Waals surface area contributed by atoms with Gasteiger partial charge in [0.15, 0.2) is 0 Å². The van der Waals surface area contributed by atoms with E-state index in [0.717, 1.165) is 24.6 Å². The molecule has 8 heteroatoms. The largest absolute Gasteiger partial charge is 0.507 e. The van der Waals surface area contributed by atoms with Crippen LogP contribution in [0.4, 0.5) is 5.82 Å². The number of aryl methyl sites for hydroxylation is 1. The van der Waals surface area contributed by atoms with E-state index >= 15 is 0 Å². The first-order valence-corrected chi connectivity index (χ1v) is 10.8. The first-order valence-electron chi connectivity index (χ1n) is 10.8. The highest BCUT2D eigenvalue weighted by Crippen LogP contribution is 2.32. The Bertz CT molecular complexity index is 1080. The normalized spacial score (nSPS) is 15.6. The van der Waals surface area contributed by atoms with E-state index in [1.165, 1.54) is 0 Å². The molecule has 168 valence electrons. The molecule has 1 saturated heterocycles. The summed E-state index contributed by atoms with van der Waals surface area (Å²) >= 11 is 0. The number of nitrogens with zero attached hydrogens (tertiary/aromatic N) is 5. The van der Waals surface area contributed by atoms with Gasteiger partial charge < -0.3 is 19.3 Å². The molecule has 1 N–H and O–H groups in total. The first kappa shape index (κ1) is 22.0. The van der Waals surface area contributed by atoms with Crippen LogP contribution in [0.25, 0.3) is 0 Å². The molecular formula is C24H29N5O3. The maximum atomic E-state index is 13.5. The number of ether oxygens (including phenoxy) is 1. The summed E-state index contributed by atoms with van der Waals surface area (Å²) < 4.78 is 6.85. The van der Waals surface area contributed by atoms with E-state index in [-0.39, 0.29) is 11.3 Å². The number of rotatable bonds is 7. The van der Waals surface area contributed by atoms with Crippen molar-refractivity contribution in [2.24, 2.45) is 0 Å². The summed E-state index contributed by atoms with van der Waals surface area (Å²) in [5.74, 6) is 0.950. The van der Waals surface area contributed by atoms with Crippen LogP contribution in [0, 0.1) is 6.92 Å². The number of pyridine rings is 3. The molecule has 4 rings (SSSR count). The van der Waals surface area contributed by atoms with E-state index < -0.39 is 6.04 Å². The van der Waals surface area contributed by atoms with Gasteiger partial charge in [-0.2, -0.15) is 0 Å². The van der Waals surface area contributed by atoms with E-state index in [1.807, 2.05) is 43.3 Å². The molecule has 0 amide bonds. The Morgan fingerprint density at radius 3 is 2.41 bits per heavy atom. The minimum Gasteiger partial charge on any atom is -0.507 e. The van der Waals surface area contributed by atoms with E-state index in [2.05, 4.69) is 19.8 Å². The van der Waals surface area contributed by atoms with Crippen LogP contribution in [0.2, 0.25) is 0 Å². The second-order valence-corrected chi connectivity index (χ2v) is 7.90. The lowest BCUT2D eigenvalue weighted by molar-refractivity contribution is 0.183. The number of hydrogen-bond acceptors (Lipinski definition) is 7. The third-order valence-corrected chi connectivity index (χ3v) is 5.94. The van der Waals surface area contributed by atoms with Crippen LogP contribution in [-0.4, -0.2) is 64.4 Å². The Morgan fingerprint density at radius 2 is 1.78 bits per heavy atom. The van der Waals surface area contributed by atoms with Crippen molar-refractivity contribution in [1.82, 2.24) is 19.4 Å². The second-order valence-electron chi connectivity index (χ2n) is 7.90. The summed E-state index contributed by atoms with van der Waals surface area (Å²) in [6.45, 7) is 5.63. The number of methoxy groups -OCH3 is 1. The fourth-order valence-corrected chi connectivity index (χ4v) is 4.29. The highest BCUT2D eigenvalue weighted by atomic mass is 16.5. The molecule has 1 fully saturated rings. The predicted octanol–water partition coefficient (Wildman–Crippen LogP) is 2.21. The summed E-state index contributed by atoms with van der Waals surface area (Å²) in [6.07, 6.45) is 3.52. The molecule has 1 aliphatic rings. The van der Waals surface area contributed by atoms with Gasteiger partial charge in [0, 0.05) is 57.9 Å². The van der Waals surface area contributed by atoms with Gasteiger partial charge in [0.25, 0.3) is 5.56 Å². The smallest absolute Gasteiger partial charge is 0.259 e. The SMILES string of the molecule is COCCn1c(C)cc(O)c([C@H](c2ccccn2)N2CCN(c3ccccn3)CC2)c1=O. The van der Waals surface area contributed by atoms with E-state index in [1.54, 1.807) is 30.1 Å². The third-order valence-electron chi connectivity index (χ3n) is 5.94. The zero-order chi connectivity index (χ0) is 22.5. The monoisotopic (exact) mass is 435 g/mol. The summed E-state index contributed by atoms with van der Waals surface area (Å²) in [4.78, 5) is 27.0. The van der Waals surface area contributed by atoms with Gasteiger partial charge >= 0.3 is 0 Å². The van der Waals surface area contributed by atoms with Crippen molar-refractivity contribution in [3.05, 3.63) is 82.2 Å². The zero-order valence-corrected chi connectivity index (χ0v) is 18.5. The molecule has 8 nitrogen and oxygen atoms in total. The van der Waals surface area contributed by atoms with Crippen molar-refractivity contribution in [3.8, 4) is 5.75 Å². The number of aromatic hydroxyl groups is 1. The van der Waals surface area contributed by atoms with Gasteiger partial charge in [-0.1, -0.05) is 12.1 Å². The van der Waals surface area contributed by atoms with Gasteiger partial charge in [0.2, 0.25) is 0 Å². The van der Waals surface area contributed by atoms with Gasteiger partial charge in [-0.15, -0.1) is 0 Å². The standard InChI is InChI=1S/C24H29N5O3/c1-18-17-20(30)22(24(31)29(18)15-16-32-2)23(19-7-3-5-9-25-19)28-13-11-27(12-14-28)21-8-4-6-10-26-21/h3-10,17,23,30H,11-16H2,1-2H3/t23-/m0/s1. The molecule has 0 aliphatic carbocycles. The van der Waals surface area contributed by atoms with Gasteiger partial charge in [-0.25, -0.2) is 4.98 Å². The molecule has 3 aromatic heterocycles. The molecule has 0 radical (unpaired) electrons. The molecule has 4 heterocycles. The Balaban J connectivity index is 1.70. The molecule has 0 saturated carbocycles. The quantitative estimate of drug-likeness (QED) is 0.609. The summed E-state index contributed by atoms with van der Waals surface area (Å²) in [5, 5.41) is 10.9. The van der Waals surface area contributed by atoms with Crippen molar-refractivity contribution in [2.45, 2.75) is 19.5 Å². The van der Waals surface area contributed by atoms with Crippen molar-refractivity contribution in [1.29, 1.82) is 0 Å².